The van der Waals surface area contributed by atoms with Crippen LogP contribution < -0.4 is 5.32 Å². The molecule has 0 aromatic carbocycles. The number of nitrogens with zero attached hydrogens (tertiary/aromatic N) is 1. The zero-order valence-corrected chi connectivity index (χ0v) is 9.17. The molecule has 1 fully saturated rings. The van der Waals surface area contributed by atoms with Gasteiger partial charge in [-0.25, -0.2) is 0 Å². The first-order valence-corrected chi connectivity index (χ1v) is 6.34. The Morgan fingerprint density at radius 1 is 1.25 bits per heavy atom. The Kier molecular flexibility index (Phi) is 6.30. The van der Waals surface area contributed by atoms with Gasteiger partial charge in [0.1, 0.15) is 0 Å². The number of hydrogen-bond acceptors (Lipinski definition) is 4. The highest BCUT2D eigenvalue weighted by atomic mass is 32.2. The Hall–Kier alpha value is 0.620. The zero-order valence-electron chi connectivity index (χ0n) is 7.46. The van der Waals surface area contributed by atoms with E-state index >= 15 is 0 Å². The molecule has 0 amide bonds. The number of nitrogens with one attached hydrogen (secondary N) is 1. The lowest BCUT2D eigenvalue weighted by Gasteiger charge is -2.19. The molecule has 1 N–H and O–H groups in total. The second-order valence-corrected chi connectivity index (χ2v) is 4.60. The predicted molar refractivity (Wildman–Crippen MR) is 60.5 cm³/mol. The van der Waals surface area contributed by atoms with Crippen molar-refractivity contribution >= 4 is 24.4 Å². The van der Waals surface area contributed by atoms with Crippen LogP contribution in [0.1, 0.15) is 0 Å². The van der Waals surface area contributed by atoms with Gasteiger partial charge in [-0.2, -0.15) is 24.4 Å². The van der Waals surface area contributed by atoms with Gasteiger partial charge in [0.25, 0.3) is 0 Å². The lowest BCUT2D eigenvalue weighted by Crippen LogP contribution is -2.34. The molecular weight excluding hydrogens is 188 g/mol. The fraction of sp³-hybridized carbons (Fsp3) is 1.00. The molecule has 0 spiro atoms. The normalized spacial score (nSPS) is 22.8. The minimum Gasteiger partial charge on any atom is -0.315 e. The summed E-state index contributed by atoms with van der Waals surface area (Å²) in [4.78, 5) is 2.48. The van der Waals surface area contributed by atoms with Crippen molar-refractivity contribution < 1.29 is 0 Å². The molecule has 4 heteroatoms. The second-order valence-electron chi connectivity index (χ2n) is 2.93. The van der Waals surface area contributed by atoms with Gasteiger partial charge in [-0.3, -0.25) is 0 Å². The van der Waals surface area contributed by atoms with Gasteiger partial charge < -0.3 is 10.2 Å². The Balaban J connectivity index is 2.19. The number of thioether (sulfide) groups is 1. The smallest absolute Gasteiger partial charge is 0.0107 e. The third-order valence-corrected chi connectivity index (χ3v) is 3.16. The van der Waals surface area contributed by atoms with Crippen molar-refractivity contribution in [3.8, 4) is 0 Å². The highest BCUT2D eigenvalue weighted by molar-refractivity contribution is 7.99. The summed E-state index contributed by atoms with van der Waals surface area (Å²) < 4.78 is 0. The molecule has 0 atom stereocenters. The monoisotopic (exact) mass is 206 g/mol. The van der Waals surface area contributed by atoms with E-state index in [1.54, 1.807) is 0 Å². The topological polar surface area (TPSA) is 15.3 Å². The summed E-state index contributed by atoms with van der Waals surface area (Å²) in [5, 5.41) is 3.43. The van der Waals surface area contributed by atoms with Crippen LogP contribution in [0.15, 0.2) is 0 Å². The molecule has 0 aromatic heterocycles. The average molecular weight is 206 g/mol. The van der Waals surface area contributed by atoms with Gasteiger partial charge in [0.15, 0.2) is 0 Å². The van der Waals surface area contributed by atoms with Crippen LogP contribution in [0.5, 0.6) is 0 Å². The SMILES string of the molecule is SCCN1CCNCCSCC1. The molecule has 1 rings (SSSR count). The minimum atomic E-state index is 0.977. The highest BCUT2D eigenvalue weighted by Gasteiger charge is 2.04. The number of thiol groups is 1. The molecule has 0 unspecified atom stereocenters. The third-order valence-electron chi connectivity index (χ3n) is 2.00. The Morgan fingerprint density at radius 2 is 2.17 bits per heavy atom. The van der Waals surface area contributed by atoms with Gasteiger partial charge in [0.2, 0.25) is 0 Å². The van der Waals surface area contributed by atoms with Gasteiger partial charge in [0, 0.05) is 50.0 Å². The Labute approximate surface area is 84.9 Å². The largest absolute Gasteiger partial charge is 0.315 e. The van der Waals surface area contributed by atoms with E-state index in [2.05, 4.69) is 22.8 Å². The van der Waals surface area contributed by atoms with E-state index in [4.69, 9.17) is 0 Å². The van der Waals surface area contributed by atoms with Crippen LogP contribution in [0.3, 0.4) is 0 Å². The van der Waals surface area contributed by atoms with Crippen molar-refractivity contribution in [2.75, 3.05) is 50.0 Å². The van der Waals surface area contributed by atoms with E-state index in [0.717, 1.165) is 18.8 Å². The molecule has 1 heterocycles. The quantitative estimate of drug-likeness (QED) is 0.642. The van der Waals surface area contributed by atoms with Crippen LogP contribution in [0.4, 0.5) is 0 Å². The van der Waals surface area contributed by atoms with Gasteiger partial charge >= 0.3 is 0 Å². The van der Waals surface area contributed by atoms with Crippen molar-refractivity contribution in [1.29, 1.82) is 0 Å². The summed E-state index contributed by atoms with van der Waals surface area (Å²) in [5.41, 5.74) is 0. The summed E-state index contributed by atoms with van der Waals surface area (Å²) in [6.07, 6.45) is 0. The van der Waals surface area contributed by atoms with Gasteiger partial charge in [-0.15, -0.1) is 0 Å². The molecule has 2 nitrogen and oxygen atoms in total. The first kappa shape index (κ1) is 10.7. The maximum atomic E-state index is 4.25. The summed E-state index contributed by atoms with van der Waals surface area (Å²) in [6.45, 7) is 5.84. The standard InChI is InChI=1S/C8H18N2S2/c11-6-4-10-3-1-9-2-7-12-8-5-10/h9,11H,1-8H2. The maximum absolute atomic E-state index is 4.25. The fourth-order valence-corrected chi connectivity index (χ4v) is 2.44. The van der Waals surface area contributed by atoms with E-state index in [0.29, 0.717) is 0 Å². The number of hydrogen-bond donors (Lipinski definition) is 2. The second kappa shape index (κ2) is 7.06. The van der Waals surface area contributed by atoms with Gasteiger partial charge in [-0.05, 0) is 0 Å². The van der Waals surface area contributed by atoms with E-state index in [9.17, 15) is 0 Å². The lowest BCUT2D eigenvalue weighted by molar-refractivity contribution is 0.310. The van der Waals surface area contributed by atoms with E-state index in [-0.39, 0.29) is 0 Å². The highest BCUT2D eigenvalue weighted by Crippen LogP contribution is 2.01. The van der Waals surface area contributed by atoms with Crippen LogP contribution in [-0.4, -0.2) is 54.9 Å². The first-order valence-electron chi connectivity index (χ1n) is 4.55. The molecule has 0 aliphatic carbocycles. The van der Waals surface area contributed by atoms with Crippen LogP contribution in [0, 0.1) is 0 Å². The Morgan fingerprint density at radius 3 is 3.00 bits per heavy atom. The molecule has 0 bridgehead atoms. The Bertz CT molecular complexity index is 101. The predicted octanol–water partition coefficient (Wildman–Crippen LogP) is 0.555. The van der Waals surface area contributed by atoms with E-state index in [1.165, 1.54) is 31.1 Å². The fourth-order valence-electron chi connectivity index (χ4n) is 1.28. The van der Waals surface area contributed by atoms with Crippen LogP contribution >= 0.6 is 24.4 Å². The van der Waals surface area contributed by atoms with Crippen molar-refractivity contribution in [1.82, 2.24) is 10.2 Å². The molecule has 0 aromatic rings. The molecule has 72 valence electrons. The molecule has 1 saturated heterocycles. The molecule has 12 heavy (non-hydrogen) atoms. The van der Waals surface area contributed by atoms with Gasteiger partial charge in [0.05, 0.1) is 0 Å². The summed E-state index contributed by atoms with van der Waals surface area (Å²) in [6, 6.07) is 0. The summed E-state index contributed by atoms with van der Waals surface area (Å²) >= 11 is 6.29. The van der Waals surface area contributed by atoms with Crippen molar-refractivity contribution in [3.63, 3.8) is 0 Å². The van der Waals surface area contributed by atoms with E-state index < -0.39 is 0 Å². The maximum Gasteiger partial charge on any atom is 0.0107 e. The van der Waals surface area contributed by atoms with Gasteiger partial charge in [-0.1, -0.05) is 0 Å². The molecule has 1 aliphatic rings. The molecule has 1 aliphatic heterocycles. The first-order chi connectivity index (χ1) is 5.93. The lowest BCUT2D eigenvalue weighted by atomic mass is 10.4. The molecule has 0 radical (unpaired) electrons. The molecule has 0 saturated carbocycles. The van der Waals surface area contributed by atoms with Crippen molar-refractivity contribution in [2.45, 2.75) is 0 Å². The summed E-state index contributed by atoms with van der Waals surface area (Å²) in [5.74, 6) is 3.51. The van der Waals surface area contributed by atoms with Crippen LogP contribution in [0.2, 0.25) is 0 Å². The summed E-state index contributed by atoms with van der Waals surface area (Å²) in [7, 11) is 0. The molecular formula is C8H18N2S2. The zero-order chi connectivity index (χ0) is 8.65. The third kappa shape index (κ3) is 4.60. The average Bonchev–Trinajstić information content (AvgIpc) is 2.19. The van der Waals surface area contributed by atoms with Crippen LogP contribution in [0.25, 0.3) is 0 Å². The van der Waals surface area contributed by atoms with E-state index in [1.807, 2.05) is 11.8 Å². The number of rotatable bonds is 2. The minimum absolute atomic E-state index is 0.977. The van der Waals surface area contributed by atoms with Crippen molar-refractivity contribution in [2.24, 2.45) is 0 Å². The van der Waals surface area contributed by atoms with Crippen molar-refractivity contribution in [3.05, 3.63) is 0 Å². The van der Waals surface area contributed by atoms with Crippen LogP contribution in [-0.2, 0) is 0 Å².